The van der Waals surface area contributed by atoms with Crippen molar-refractivity contribution in [2.75, 3.05) is 0 Å². The fraction of sp³-hybridized carbons (Fsp3) is 0.778. The van der Waals surface area contributed by atoms with Gasteiger partial charge in [0.25, 0.3) is 0 Å². The van der Waals surface area contributed by atoms with Gasteiger partial charge in [-0.05, 0) is 25.2 Å². The lowest BCUT2D eigenvalue weighted by Gasteiger charge is -2.34. The lowest BCUT2D eigenvalue weighted by molar-refractivity contribution is -0.183. The largest absolute Gasteiger partial charge is 0.481 e. The van der Waals surface area contributed by atoms with E-state index in [4.69, 9.17) is 10.2 Å². The van der Waals surface area contributed by atoms with Gasteiger partial charge in [-0.1, -0.05) is 39.0 Å². The molecule has 0 saturated carbocycles. The van der Waals surface area contributed by atoms with Gasteiger partial charge < -0.3 is 25.5 Å². The summed E-state index contributed by atoms with van der Waals surface area (Å²) in [5.74, 6) is -8.43. The summed E-state index contributed by atoms with van der Waals surface area (Å²) < 4.78 is 0. The number of carbonyl (C=O) groups is 4. The lowest BCUT2D eigenvalue weighted by atomic mass is 9.72. The summed E-state index contributed by atoms with van der Waals surface area (Å²) in [5.41, 5.74) is -2.91. The fourth-order valence-corrected chi connectivity index (χ4v) is 3.34. The van der Waals surface area contributed by atoms with E-state index in [1.54, 1.807) is 0 Å². The zero-order valence-corrected chi connectivity index (χ0v) is 15.6. The molecule has 0 spiro atoms. The number of hydrogen-bond acceptors (Lipinski definition) is 5. The third kappa shape index (κ3) is 8.85. The maximum Gasteiger partial charge on any atom is 0.337 e. The number of hydrogen-bond donors (Lipinski definition) is 5. The second-order valence-corrected chi connectivity index (χ2v) is 6.86. The van der Waals surface area contributed by atoms with Crippen molar-refractivity contribution in [2.45, 2.75) is 76.7 Å². The summed E-state index contributed by atoms with van der Waals surface area (Å²) in [4.78, 5) is 44.9. The highest BCUT2D eigenvalue weighted by atomic mass is 16.4. The van der Waals surface area contributed by atoms with E-state index in [2.05, 4.69) is 0 Å². The molecule has 0 aliphatic carbocycles. The van der Waals surface area contributed by atoms with Gasteiger partial charge in [-0.2, -0.15) is 0 Å². The van der Waals surface area contributed by atoms with Crippen molar-refractivity contribution in [2.24, 2.45) is 11.8 Å². The lowest BCUT2D eigenvalue weighted by Crippen LogP contribution is -2.53. The van der Waals surface area contributed by atoms with Crippen molar-refractivity contribution in [1.29, 1.82) is 0 Å². The average molecular weight is 390 g/mol. The molecule has 5 N–H and O–H groups in total. The highest BCUT2D eigenvalue weighted by Gasteiger charge is 2.52. The van der Waals surface area contributed by atoms with Gasteiger partial charge in [0, 0.05) is 6.42 Å². The SMILES string of the molecule is CCCCCC(CCCCCC(=O)O)C(C(=O)O)C(O)(CC(=O)O)C(=O)O. The van der Waals surface area contributed by atoms with Crippen molar-refractivity contribution in [1.82, 2.24) is 0 Å². The maximum absolute atomic E-state index is 11.8. The molecular weight excluding hydrogens is 360 g/mol. The number of unbranched alkanes of at least 4 members (excludes halogenated alkanes) is 4. The quantitative estimate of drug-likeness (QED) is 0.248. The second-order valence-electron chi connectivity index (χ2n) is 6.86. The highest BCUT2D eigenvalue weighted by Crippen LogP contribution is 2.36. The van der Waals surface area contributed by atoms with E-state index < -0.39 is 47.7 Å². The van der Waals surface area contributed by atoms with Crippen LogP contribution in [0.15, 0.2) is 0 Å². The van der Waals surface area contributed by atoms with Crippen LogP contribution in [0.1, 0.15) is 71.1 Å². The maximum atomic E-state index is 11.8. The van der Waals surface area contributed by atoms with Crippen LogP contribution in [0.3, 0.4) is 0 Å². The van der Waals surface area contributed by atoms with Gasteiger partial charge >= 0.3 is 23.9 Å². The van der Waals surface area contributed by atoms with E-state index in [0.717, 1.165) is 12.8 Å². The summed E-state index contributed by atoms with van der Waals surface area (Å²) in [6, 6.07) is 0. The van der Waals surface area contributed by atoms with Crippen LogP contribution >= 0.6 is 0 Å². The summed E-state index contributed by atoms with van der Waals surface area (Å²) in [5, 5.41) is 47.0. The van der Waals surface area contributed by atoms with Gasteiger partial charge in [-0.3, -0.25) is 14.4 Å². The molecule has 0 radical (unpaired) electrons. The average Bonchev–Trinajstić information content (AvgIpc) is 2.52. The highest BCUT2D eigenvalue weighted by molar-refractivity contribution is 5.89. The minimum atomic E-state index is -2.91. The fourth-order valence-electron chi connectivity index (χ4n) is 3.34. The van der Waals surface area contributed by atoms with Crippen LogP contribution in [-0.4, -0.2) is 55.0 Å². The van der Waals surface area contributed by atoms with Crippen molar-refractivity contribution >= 4 is 23.9 Å². The zero-order chi connectivity index (χ0) is 21.0. The molecule has 0 bridgehead atoms. The topological polar surface area (TPSA) is 169 Å². The molecule has 9 nitrogen and oxygen atoms in total. The first kappa shape index (κ1) is 24.8. The minimum absolute atomic E-state index is 0.0130. The Morgan fingerprint density at radius 1 is 0.815 bits per heavy atom. The standard InChI is InChI=1S/C18H30O9/c1-2-3-5-8-12(9-6-4-7-10-13(19)20)15(16(23)24)18(27,17(25)26)11-14(21)22/h12,15,27H,2-11H2,1H3,(H,19,20)(H,21,22)(H,23,24)(H,25,26). The number of rotatable bonds is 16. The molecule has 0 rings (SSSR count). The zero-order valence-electron chi connectivity index (χ0n) is 15.6. The van der Waals surface area contributed by atoms with Gasteiger partial charge in [0.15, 0.2) is 5.60 Å². The van der Waals surface area contributed by atoms with Crippen LogP contribution in [-0.2, 0) is 19.2 Å². The smallest absolute Gasteiger partial charge is 0.337 e. The van der Waals surface area contributed by atoms with Crippen molar-refractivity contribution in [3.8, 4) is 0 Å². The molecule has 3 atom stereocenters. The molecule has 9 heteroatoms. The van der Waals surface area contributed by atoms with Gasteiger partial charge in [-0.15, -0.1) is 0 Å². The first-order valence-corrected chi connectivity index (χ1v) is 9.18. The minimum Gasteiger partial charge on any atom is -0.481 e. The van der Waals surface area contributed by atoms with Crippen molar-refractivity contribution in [3.63, 3.8) is 0 Å². The van der Waals surface area contributed by atoms with Gasteiger partial charge in [0.1, 0.15) is 0 Å². The normalized spacial score (nSPS) is 15.5. The molecule has 27 heavy (non-hydrogen) atoms. The molecule has 0 aromatic heterocycles. The predicted octanol–water partition coefficient (Wildman–Crippen LogP) is 2.21. The van der Waals surface area contributed by atoms with Crippen LogP contribution in [0.2, 0.25) is 0 Å². The van der Waals surface area contributed by atoms with E-state index in [-0.39, 0.29) is 12.8 Å². The Balaban J connectivity index is 5.39. The number of aliphatic carboxylic acids is 4. The van der Waals surface area contributed by atoms with Gasteiger partial charge in [0.2, 0.25) is 0 Å². The van der Waals surface area contributed by atoms with Crippen LogP contribution in [0.25, 0.3) is 0 Å². The summed E-state index contributed by atoms with van der Waals surface area (Å²) >= 11 is 0. The molecule has 0 fully saturated rings. The van der Waals surface area contributed by atoms with Crippen LogP contribution in [0, 0.1) is 11.8 Å². The summed E-state index contributed by atoms with van der Waals surface area (Å²) in [7, 11) is 0. The molecule has 0 amide bonds. The monoisotopic (exact) mass is 390 g/mol. The van der Waals surface area contributed by atoms with Gasteiger partial charge in [-0.25, -0.2) is 4.79 Å². The molecule has 156 valence electrons. The second kappa shape index (κ2) is 12.3. The molecular formula is C18H30O9. The molecule has 0 aliphatic rings. The summed E-state index contributed by atoms with van der Waals surface area (Å²) in [6.45, 7) is 1.95. The Labute approximate surface area is 158 Å². The Kier molecular flexibility index (Phi) is 11.3. The number of carboxylic acids is 4. The van der Waals surface area contributed by atoms with E-state index >= 15 is 0 Å². The van der Waals surface area contributed by atoms with E-state index in [0.29, 0.717) is 32.1 Å². The Hall–Kier alpha value is -2.16. The molecule has 0 saturated heterocycles. The van der Waals surface area contributed by atoms with E-state index in [1.807, 2.05) is 6.92 Å². The number of aliphatic hydroxyl groups is 1. The molecule has 0 heterocycles. The first-order chi connectivity index (χ1) is 12.6. The Morgan fingerprint density at radius 2 is 1.37 bits per heavy atom. The summed E-state index contributed by atoms with van der Waals surface area (Å²) in [6.07, 6.45) is 3.09. The molecule has 3 unspecified atom stereocenters. The van der Waals surface area contributed by atoms with Crippen LogP contribution < -0.4 is 0 Å². The third-order valence-electron chi connectivity index (χ3n) is 4.69. The predicted molar refractivity (Wildman–Crippen MR) is 94.3 cm³/mol. The van der Waals surface area contributed by atoms with E-state index in [1.165, 1.54) is 0 Å². The Bertz CT molecular complexity index is 517. The molecule has 0 aromatic rings. The molecule has 0 aromatic carbocycles. The number of carboxylic acid groups (broad SMARTS) is 4. The van der Waals surface area contributed by atoms with Crippen molar-refractivity contribution in [3.05, 3.63) is 0 Å². The van der Waals surface area contributed by atoms with E-state index in [9.17, 15) is 34.5 Å². The van der Waals surface area contributed by atoms with Crippen molar-refractivity contribution < 1.29 is 44.7 Å². The Morgan fingerprint density at radius 3 is 1.78 bits per heavy atom. The molecule has 0 aliphatic heterocycles. The van der Waals surface area contributed by atoms with Gasteiger partial charge in [0.05, 0.1) is 12.3 Å². The van der Waals surface area contributed by atoms with Crippen LogP contribution in [0.5, 0.6) is 0 Å². The first-order valence-electron chi connectivity index (χ1n) is 9.18. The van der Waals surface area contributed by atoms with Crippen LogP contribution in [0.4, 0.5) is 0 Å². The third-order valence-corrected chi connectivity index (χ3v) is 4.69.